The van der Waals surface area contributed by atoms with E-state index in [1.165, 1.54) is 0 Å². The van der Waals surface area contributed by atoms with E-state index in [1.807, 2.05) is 13.8 Å². The monoisotopic (exact) mass is 367 g/mol. The van der Waals surface area contributed by atoms with Gasteiger partial charge in [-0.25, -0.2) is 5.43 Å². The summed E-state index contributed by atoms with van der Waals surface area (Å²) >= 11 is 0. The first kappa shape index (κ1) is 20.2. The van der Waals surface area contributed by atoms with Gasteiger partial charge in [0.2, 0.25) is 5.91 Å². The lowest BCUT2D eigenvalue weighted by molar-refractivity contribution is -0.116. The number of phenols is 1. The molecule has 0 saturated heterocycles. The van der Waals surface area contributed by atoms with Crippen molar-refractivity contribution in [1.29, 1.82) is 0 Å². The molecule has 0 saturated carbocycles. The fraction of sp³-hybridized carbons (Fsp3) is 0.286. The van der Waals surface area contributed by atoms with Gasteiger partial charge < -0.3 is 10.4 Å². The topological polar surface area (TPSA) is 90.8 Å². The van der Waals surface area contributed by atoms with E-state index in [9.17, 15) is 14.7 Å². The average Bonchev–Trinajstić information content (AvgIpc) is 2.68. The maximum Gasteiger partial charge on any atom is 0.271 e. The number of anilines is 1. The van der Waals surface area contributed by atoms with Crippen LogP contribution >= 0.6 is 0 Å². The van der Waals surface area contributed by atoms with Crippen LogP contribution in [-0.2, 0) is 4.79 Å². The molecular weight excluding hydrogens is 342 g/mol. The first-order chi connectivity index (χ1) is 13.0. The Hall–Kier alpha value is -3.15. The Morgan fingerprint density at radius 1 is 0.963 bits per heavy atom. The molecule has 2 amide bonds. The zero-order valence-corrected chi connectivity index (χ0v) is 15.7. The molecule has 0 aliphatic rings. The Bertz CT molecular complexity index is 796. The quantitative estimate of drug-likeness (QED) is 0.485. The molecule has 0 atom stereocenters. The van der Waals surface area contributed by atoms with Crippen LogP contribution in [0.15, 0.2) is 53.6 Å². The fourth-order valence-electron chi connectivity index (χ4n) is 2.45. The molecule has 0 aliphatic carbocycles. The van der Waals surface area contributed by atoms with Gasteiger partial charge in [0.05, 0.1) is 5.71 Å². The molecule has 0 radical (unpaired) electrons. The van der Waals surface area contributed by atoms with Crippen LogP contribution < -0.4 is 10.7 Å². The van der Waals surface area contributed by atoms with Gasteiger partial charge in [-0.15, -0.1) is 0 Å². The molecule has 0 unspecified atom stereocenters. The molecule has 6 nitrogen and oxygen atoms in total. The second kappa shape index (κ2) is 10.1. The van der Waals surface area contributed by atoms with E-state index in [-0.39, 0.29) is 17.6 Å². The smallest absolute Gasteiger partial charge is 0.271 e. The molecule has 0 spiro atoms. The summed E-state index contributed by atoms with van der Waals surface area (Å²) < 4.78 is 0. The number of rotatable bonds is 8. The van der Waals surface area contributed by atoms with Crippen molar-refractivity contribution < 1.29 is 14.7 Å². The Balaban J connectivity index is 1.98. The van der Waals surface area contributed by atoms with E-state index < -0.39 is 0 Å². The van der Waals surface area contributed by atoms with Crippen LogP contribution in [-0.4, -0.2) is 22.6 Å². The van der Waals surface area contributed by atoms with Crippen molar-refractivity contribution in [3.63, 3.8) is 0 Å². The third-order valence-electron chi connectivity index (χ3n) is 4.02. The summed E-state index contributed by atoms with van der Waals surface area (Å²) in [6, 6.07) is 13.3. The van der Waals surface area contributed by atoms with Crippen LogP contribution in [0.1, 0.15) is 55.5 Å². The minimum Gasteiger partial charge on any atom is -0.508 e. The lowest BCUT2D eigenvalue weighted by atomic mass is 10.1. The third kappa shape index (κ3) is 6.26. The van der Waals surface area contributed by atoms with Crippen molar-refractivity contribution >= 4 is 23.2 Å². The summed E-state index contributed by atoms with van der Waals surface area (Å²) in [6.45, 7) is 3.97. The van der Waals surface area contributed by atoms with Crippen molar-refractivity contribution in [2.24, 2.45) is 5.10 Å². The highest BCUT2D eigenvalue weighted by Crippen LogP contribution is 2.13. The highest BCUT2D eigenvalue weighted by molar-refractivity contribution is 6.02. The van der Waals surface area contributed by atoms with E-state index in [2.05, 4.69) is 15.8 Å². The SMILES string of the molecule is CCCCC(=O)Nc1ccc(C(=O)N/N=C(\CC)c2ccc(O)cc2)cc1. The number of benzene rings is 2. The average molecular weight is 367 g/mol. The molecule has 3 N–H and O–H groups in total. The summed E-state index contributed by atoms with van der Waals surface area (Å²) in [5.74, 6) is -0.177. The van der Waals surface area contributed by atoms with Crippen molar-refractivity contribution in [3.05, 3.63) is 59.7 Å². The Morgan fingerprint density at radius 2 is 1.59 bits per heavy atom. The van der Waals surface area contributed by atoms with Crippen molar-refractivity contribution in [2.75, 3.05) is 5.32 Å². The van der Waals surface area contributed by atoms with Crippen molar-refractivity contribution in [1.82, 2.24) is 5.43 Å². The lowest BCUT2D eigenvalue weighted by Gasteiger charge is -2.07. The molecule has 0 fully saturated rings. The Kier molecular flexibility index (Phi) is 7.55. The molecule has 6 heteroatoms. The second-order valence-corrected chi connectivity index (χ2v) is 6.13. The fourth-order valence-corrected chi connectivity index (χ4v) is 2.45. The van der Waals surface area contributed by atoms with Gasteiger partial charge in [0, 0.05) is 17.7 Å². The molecule has 0 bridgehead atoms. The van der Waals surface area contributed by atoms with Crippen molar-refractivity contribution in [2.45, 2.75) is 39.5 Å². The number of nitrogens with one attached hydrogen (secondary N) is 2. The predicted octanol–water partition coefficient (Wildman–Crippen LogP) is 4.07. The van der Waals surface area contributed by atoms with Crippen molar-refractivity contribution in [3.8, 4) is 5.75 Å². The highest BCUT2D eigenvalue weighted by Gasteiger charge is 2.08. The molecule has 0 aromatic heterocycles. The van der Waals surface area contributed by atoms with Crippen LogP contribution in [0.4, 0.5) is 5.69 Å². The number of unbranched alkanes of at least 4 members (excludes halogenated alkanes) is 1. The summed E-state index contributed by atoms with van der Waals surface area (Å²) in [6.07, 6.45) is 2.94. The Morgan fingerprint density at radius 3 is 2.19 bits per heavy atom. The summed E-state index contributed by atoms with van der Waals surface area (Å²) in [7, 11) is 0. The number of phenolic OH excluding ortho intramolecular Hbond substituents is 1. The van der Waals surface area contributed by atoms with Crippen LogP contribution in [0, 0.1) is 0 Å². The van der Waals surface area contributed by atoms with Gasteiger partial charge in [-0.05, 0) is 66.9 Å². The van der Waals surface area contributed by atoms with Gasteiger partial charge in [-0.3, -0.25) is 9.59 Å². The van der Waals surface area contributed by atoms with Crippen LogP contribution in [0.3, 0.4) is 0 Å². The van der Waals surface area contributed by atoms with Crippen LogP contribution in [0.2, 0.25) is 0 Å². The largest absolute Gasteiger partial charge is 0.508 e. The van der Waals surface area contributed by atoms with Gasteiger partial charge in [-0.2, -0.15) is 5.10 Å². The number of hydrazone groups is 1. The van der Waals surface area contributed by atoms with Crippen LogP contribution in [0.25, 0.3) is 0 Å². The highest BCUT2D eigenvalue weighted by atomic mass is 16.3. The van der Waals surface area contributed by atoms with E-state index in [1.54, 1.807) is 48.5 Å². The van der Waals surface area contributed by atoms with Gasteiger partial charge in [0.1, 0.15) is 5.75 Å². The van der Waals surface area contributed by atoms with E-state index >= 15 is 0 Å². The number of nitrogens with zero attached hydrogens (tertiary/aromatic N) is 1. The molecular formula is C21H25N3O3. The molecule has 0 heterocycles. The standard InChI is InChI=1S/C21H25N3O3/c1-3-5-6-20(26)22-17-11-7-16(8-12-17)21(27)24-23-19(4-2)15-9-13-18(25)14-10-15/h7-14,25H,3-6H2,1-2H3,(H,22,26)(H,24,27)/b23-19+. The second-order valence-electron chi connectivity index (χ2n) is 6.13. The molecule has 142 valence electrons. The van der Waals surface area contributed by atoms with E-state index in [0.29, 0.717) is 29.8 Å². The molecule has 0 aliphatic heterocycles. The summed E-state index contributed by atoms with van der Waals surface area (Å²) in [5.41, 5.74) is 5.21. The number of hydrogen-bond acceptors (Lipinski definition) is 4. The van der Waals surface area contributed by atoms with Gasteiger partial charge in [-0.1, -0.05) is 20.3 Å². The lowest BCUT2D eigenvalue weighted by Crippen LogP contribution is -2.20. The van der Waals surface area contributed by atoms with E-state index in [4.69, 9.17) is 0 Å². The zero-order chi connectivity index (χ0) is 19.6. The third-order valence-corrected chi connectivity index (χ3v) is 4.02. The minimum atomic E-state index is -0.330. The molecule has 2 aromatic rings. The van der Waals surface area contributed by atoms with E-state index in [0.717, 1.165) is 18.4 Å². The van der Waals surface area contributed by atoms with Gasteiger partial charge in [0.25, 0.3) is 5.91 Å². The van der Waals surface area contributed by atoms with Crippen LogP contribution in [0.5, 0.6) is 5.75 Å². The number of aromatic hydroxyl groups is 1. The first-order valence-corrected chi connectivity index (χ1v) is 9.09. The van der Waals surface area contributed by atoms with Gasteiger partial charge >= 0.3 is 0 Å². The summed E-state index contributed by atoms with van der Waals surface area (Å²) in [5, 5.41) is 16.4. The number of amides is 2. The van der Waals surface area contributed by atoms with Gasteiger partial charge in [0.15, 0.2) is 0 Å². The minimum absolute atomic E-state index is 0.0277. The molecule has 27 heavy (non-hydrogen) atoms. The zero-order valence-electron chi connectivity index (χ0n) is 15.7. The maximum absolute atomic E-state index is 12.3. The number of carbonyl (C=O) groups is 2. The molecule has 2 aromatic carbocycles. The first-order valence-electron chi connectivity index (χ1n) is 9.09. The maximum atomic E-state index is 12.3. The number of carbonyl (C=O) groups excluding carboxylic acids is 2. The predicted molar refractivity (Wildman–Crippen MR) is 107 cm³/mol. The Labute approximate surface area is 159 Å². The molecule has 2 rings (SSSR count). The summed E-state index contributed by atoms with van der Waals surface area (Å²) in [4.78, 5) is 24.0. The normalized spacial score (nSPS) is 11.1. The number of hydrogen-bond donors (Lipinski definition) is 3.